The second-order valence-electron chi connectivity index (χ2n) is 3.63. The maximum absolute atomic E-state index is 11.7. The number of rotatable bonds is 5. The largest absolute Gasteiger partial charge is 0.397 e. The summed E-state index contributed by atoms with van der Waals surface area (Å²) in [6.07, 6.45) is 1.49. The molecule has 0 heterocycles. The molecule has 7 heteroatoms. The lowest BCUT2D eigenvalue weighted by molar-refractivity contribution is 0.598. The van der Waals surface area contributed by atoms with Crippen LogP contribution in [-0.4, -0.2) is 14.2 Å². The number of nitrogens with one attached hydrogen (secondary N) is 1. The highest BCUT2D eigenvalue weighted by molar-refractivity contribution is 9.11. The summed E-state index contributed by atoms with van der Waals surface area (Å²) >= 11 is 6.53. The highest BCUT2D eigenvalue weighted by Crippen LogP contribution is 2.32. The zero-order chi connectivity index (χ0) is 13.1. The Hall–Kier alpha value is -0.270. The summed E-state index contributed by atoms with van der Waals surface area (Å²) in [5.74, 6) is 0.128. The minimum absolute atomic E-state index is 0.128. The summed E-state index contributed by atoms with van der Waals surface area (Å²) in [6, 6.07) is 3.28. The Morgan fingerprint density at radius 3 is 2.29 bits per heavy atom. The van der Waals surface area contributed by atoms with E-state index in [1.807, 2.05) is 6.92 Å². The standard InChI is InChI=1S/C10H14Br2N2O2S/c1-2-3-4-17(15,16)14-7-5-8(11)10(13)9(12)6-7/h5-6,14H,2-4,13H2,1H3. The molecule has 0 aromatic heterocycles. The number of hydrogen-bond donors (Lipinski definition) is 2. The van der Waals surface area contributed by atoms with E-state index in [4.69, 9.17) is 5.73 Å². The van der Waals surface area contributed by atoms with E-state index in [1.165, 1.54) is 0 Å². The SMILES string of the molecule is CCCCS(=O)(=O)Nc1cc(Br)c(N)c(Br)c1. The van der Waals surface area contributed by atoms with Crippen LogP contribution in [0.3, 0.4) is 0 Å². The Morgan fingerprint density at radius 2 is 1.82 bits per heavy atom. The van der Waals surface area contributed by atoms with E-state index >= 15 is 0 Å². The van der Waals surface area contributed by atoms with Crippen molar-refractivity contribution in [2.24, 2.45) is 0 Å². The number of nitrogens with two attached hydrogens (primary N) is 1. The fraction of sp³-hybridized carbons (Fsp3) is 0.400. The first-order chi connectivity index (χ1) is 7.85. The van der Waals surface area contributed by atoms with Crippen molar-refractivity contribution in [1.29, 1.82) is 0 Å². The fourth-order valence-electron chi connectivity index (χ4n) is 1.21. The van der Waals surface area contributed by atoms with Gasteiger partial charge in [0.2, 0.25) is 10.0 Å². The molecule has 1 aromatic rings. The molecule has 4 nitrogen and oxygen atoms in total. The molecule has 0 aliphatic carbocycles. The van der Waals surface area contributed by atoms with Crippen molar-refractivity contribution in [3.63, 3.8) is 0 Å². The molecule has 0 saturated carbocycles. The van der Waals surface area contributed by atoms with E-state index in [9.17, 15) is 8.42 Å². The minimum atomic E-state index is -3.28. The third kappa shape index (κ3) is 4.48. The number of sulfonamides is 1. The molecule has 96 valence electrons. The Morgan fingerprint density at radius 1 is 1.29 bits per heavy atom. The summed E-state index contributed by atoms with van der Waals surface area (Å²) in [4.78, 5) is 0. The molecule has 0 aliphatic rings. The molecule has 3 N–H and O–H groups in total. The predicted octanol–water partition coefficient (Wildman–Crippen LogP) is 3.34. The van der Waals surface area contributed by atoms with E-state index in [1.54, 1.807) is 12.1 Å². The summed E-state index contributed by atoms with van der Waals surface area (Å²) in [7, 11) is -3.28. The van der Waals surface area contributed by atoms with Crippen LogP contribution in [0.15, 0.2) is 21.1 Å². The Bertz CT molecular complexity index is 480. The van der Waals surface area contributed by atoms with E-state index in [-0.39, 0.29) is 5.75 Å². The van der Waals surface area contributed by atoms with Gasteiger partial charge in [-0.3, -0.25) is 4.72 Å². The monoisotopic (exact) mass is 384 g/mol. The topological polar surface area (TPSA) is 72.2 Å². The van der Waals surface area contributed by atoms with E-state index < -0.39 is 10.0 Å². The Labute approximate surface area is 118 Å². The number of benzene rings is 1. The molecule has 0 radical (unpaired) electrons. The van der Waals surface area contributed by atoms with Crippen molar-refractivity contribution in [2.75, 3.05) is 16.2 Å². The lowest BCUT2D eigenvalue weighted by Crippen LogP contribution is -2.16. The normalized spacial score (nSPS) is 11.5. The molecule has 0 amide bonds. The second kappa shape index (κ2) is 6.06. The van der Waals surface area contributed by atoms with Gasteiger partial charge in [-0.1, -0.05) is 13.3 Å². The molecular weight excluding hydrogens is 372 g/mol. The summed E-state index contributed by atoms with van der Waals surface area (Å²) in [6.45, 7) is 1.95. The van der Waals surface area contributed by atoms with Crippen molar-refractivity contribution >= 4 is 53.3 Å². The van der Waals surface area contributed by atoms with Crippen LogP contribution in [0.4, 0.5) is 11.4 Å². The van der Waals surface area contributed by atoms with E-state index in [2.05, 4.69) is 36.6 Å². The van der Waals surface area contributed by atoms with Crippen LogP contribution in [0, 0.1) is 0 Å². The zero-order valence-electron chi connectivity index (χ0n) is 9.33. The third-order valence-corrected chi connectivity index (χ3v) is 4.80. The molecule has 0 unspecified atom stereocenters. The summed E-state index contributed by atoms with van der Waals surface area (Å²) in [5.41, 5.74) is 6.76. The van der Waals surface area contributed by atoms with Crippen molar-refractivity contribution in [2.45, 2.75) is 19.8 Å². The summed E-state index contributed by atoms with van der Waals surface area (Å²) in [5, 5.41) is 0. The van der Waals surface area contributed by atoms with Gasteiger partial charge in [-0.25, -0.2) is 8.42 Å². The van der Waals surface area contributed by atoms with Crippen LogP contribution < -0.4 is 10.5 Å². The first-order valence-corrected chi connectivity index (χ1v) is 8.34. The molecular formula is C10H14Br2N2O2S. The van der Waals surface area contributed by atoms with Gasteiger partial charge < -0.3 is 5.73 Å². The van der Waals surface area contributed by atoms with Crippen molar-refractivity contribution in [3.8, 4) is 0 Å². The van der Waals surface area contributed by atoms with Crippen LogP contribution in [0.5, 0.6) is 0 Å². The molecule has 0 saturated heterocycles. The lowest BCUT2D eigenvalue weighted by atomic mass is 10.3. The van der Waals surface area contributed by atoms with Gasteiger partial charge in [0.1, 0.15) is 0 Å². The minimum Gasteiger partial charge on any atom is -0.397 e. The molecule has 0 aliphatic heterocycles. The average molecular weight is 386 g/mol. The maximum Gasteiger partial charge on any atom is 0.232 e. The van der Waals surface area contributed by atoms with Crippen molar-refractivity contribution in [1.82, 2.24) is 0 Å². The number of anilines is 2. The molecule has 0 atom stereocenters. The Balaban J connectivity index is 2.89. The van der Waals surface area contributed by atoms with Gasteiger partial charge in [-0.05, 0) is 50.4 Å². The van der Waals surface area contributed by atoms with Gasteiger partial charge in [0.05, 0.1) is 17.1 Å². The quantitative estimate of drug-likeness (QED) is 0.763. The van der Waals surface area contributed by atoms with Gasteiger partial charge >= 0.3 is 0 Å². The van der Waals surface area contributed by atoms with Gasteiger partial charge in [0.15, 0.2) is 0 Å². The molecule has 0 bridgehead atoms. The van der Waals surface area contributed by atoms with Crippen LogP contribution >= 0.6 is 31.9 Å². The molecule has 0 fully saturated rings. The fourth-order valence-corrected chi connectivity index (χ4v) is 3.64. The number of unbranched alkanes of at least 4 members (excludes halogenated alkanes) is 1. The Kier molecular flexibility index (Phi) is 5.27. The smallest absolute Gasteiger partial charge is 0.232 e. The third-order valence-electron chi connectivity index (χ3n) is 2.12. The van der Waals surface area contributed by atoms with Crippen LogP contribution in [0.1, 0.15) is 19.8 Å². The zero-order valence-corrected chi connectivity index (χ0v) is 13.3. The van der Waals surface area contributed by atoms with Crippen LogP contribution in [0.25, 0.3) is 0 Å². The second-order valence-corrected chi connectivity index (χ2v) is 7.18. The summed E-state index contributed by atoms with van der Waals surface area (Å²) < 4.78 is 27.2. The van der Waals surface area contributed by atoms with Gasteiger partial charge in [-0.15, -0.1) is 0 Å². The molecule has 1 rings (SSSR count). The molecule has 0 spiro atoms. The van der Waals surface area contributed by atoms with Gasteiger partial charge in [0, 0.05) is 8.95 Å². The molecule has 1 aromatic carbocycles. The average Bonchev–Trinajstić information content (AvgIpc) is 2.22. The van der Waals surface area contributed by atoms with Crippen molar-refractivity contribution < 1.29 is 8.42 Å². The molecule has 17 heavy (non-hydrogen) atoms. The number of halogens is 2. The first-order valence-electron chi connectivity index (χ1n) is 5.10. The first kappa shape index (κ1) is 14.8. The van der Waals surface area contributed by atoms with E-state index in [0.717, 1.165) is 6.42 Å². The number of nitrogen functional groups attached to an aromatic ring is 1. The van der Waals surface area contributed by atoms with E-state index in [0.29, 0.717) is 26.7 Å². The number of hydrogen-bond acceptors (Lipinski definition) is 3. The lowest BCUT2D eigenvalue weighted by Gasteiger charge is -2.10. The van der Waals surface area contributed by atoms with Crippen LogP contribution in [0.2, 0.25) is 0 Å². The highest BCUT2D eigenvalue weighted by atomic mass is 79.9. The highest BCUT2D eigenvalue weighted by Gasteiger charge is 2.11. The van der Waals surface area contributed by atoms with Gasteiger partial charge in [0.25, 0.3) is 0 Å². The maximum atomic E-state index is 11.7. The van der Waals surface area contributed by atoms with Gasteiger partial charge in [-0.2, -0.15) is 0 Å². The van der Waals surface area contributed by atoms with Crippen LogP contribution in [-0.2, 0) is 10.0 Å². The van der Waals surface area contributed by atoms with Crippen molar-refractivity contribution in [3.05, 3.63) is 21.1 Å². The predicted molar refractivity (Wildman–Crippen MR) is 78.6 cm³/mol.